The lowest BCUT2D eigenvalue weighted by Crippen LogP contribution is -2.47. The largest absolute Gasteiger partial charge is 0.354 e. The van der Waals surface area contributed by atoms with Gasteiger partial charge in [-0.25, -0.2) is 4.68 Å². The standard InChI is InChI=1S/C23H26N4O3S/c1-15-10-11-20(28)27(25-15)14-21(29)26-12-6-5-7-16(26)13-18-17-8-3-4-9-19(17)31-22(18)23(30)24-2/h3-4,8-11,16H,5-7,12-14H2,1-2H3,(H,24,30). The Kier molecular flexibility index (Phi) is 6.18. The minimum Gasteiger partial charge on any atom is -0.354 e. The van der Waals surface area contributed by atoms with Gasteiger partial charge in [-0.15, -0.1) is 11.3 Å². The number of thiophene rings is 1. The van der Waals surface area contributed by atoms with Crippen LogP contribution in [-0.4, -0.2) is 46.1 Å². The van der Waals surface area contributed by atoms with Gasteiger partial charge in [0.25, 0.3) is 11.5 Å². The Morgan fingerprint density at radius 3 is 2.81 bits per heavy atom. The zero-order valence-electron chi connectivity index (χ0n) is 17.8. The monoisotopic (exact) mass is 438 g/mol. The van der Waals surface area contributed by atoms with Crippen LogP contribution in [0.5, 0.6) is 0 Å². The van der Waals surface area contributed by atoms with E-state index in [2.05, 4.69) is 10.4 Å². The SMILES string of the molecule is CNC(=O)c1sc2ccccc2c1CC1CCCCN1C(=O)Cn1nc(C)ccc1=O. The van der Waals surface area contributed by atoms with E-state index in [9.17, 15) is 14.4 Å². The highest BCUT2D eigenvalue weighted by Crippen LogP contribution is 2.34. The summed E-state index contributed by atoms with van der Waals surface area (Å²) in [5, 5.41) is 8.02. The quantitative estimate of drug-likeness (QED) is 0.664. The van der Waals surface area contributed by atoms with E-state index in [4.69, 9.17) is 0 Å². The molecule has 1 atom stereocenters. The summed E-state index contributed by atoms with van der Waals surface area (Å²) in [6.07, 6.45) is 3.47. The molecule has 0 spiro atoms. The van der Waals surface area contributed by atoms with E-state index in [1.54, 1.807) is 20.0 Å². The van der Waals surface area contributed by atoms with Crippen molar-refractivity contribution in [1.29, 1.82) is 0 Å². The first-order valence-corrected chi connectivity index (χ1v) is 11.4. The van der Waals surface area contributed by atoms with Gasteiger partial charge in [-0.05, 0) is 55.7 Å². The number of rotatable bonds is 5. The molecule has 8 heteroatoms. The minimum absolute atomic E-state index is 0.0110. The van der Waals surface area contributed by atoms with E-state index < -0.39 is 0 Å². The van der Waals surface area contributed by atoms with E-state index in [0.29, 0.717) is 23.5 Å². The third kappa shape index (κ3) is 4.39. The summed E-state index contributed by atoms with van der Waals surface area (Å²) in [7, 11) is 1.64. The molecule has 2 aromatic heterocycles. The molecule has 1 aromatic carbocycles. The summed E-state index contributed by atoms with van der Waals surface area (Å²) in [5.41, 5.74) is 1.41. The molecule has 0 radical (unpaired) electrons. The number of hydrogen-bond acceptors (Lipinski definition) is 5. The zero-order chi connectivity index (χ0) is 22.0. The maximum Gasteiger partial charge on any atom is 0.267 e. The van der Waals surface area contributed by atoms with Gasteiger partial charge in [-0.1, -0.05) is 18.2 Å². The predicted molar refractivity (Wildman–Crippen MR) is 122 cm³/mol. The molecule has 162 valence electrons. The number of nitrogens with one attached hydrogen (secondary N) is 1. The van der Waals surface area contributed by atoms with Crippen molar-refractivity contribution in [2.24, 2.45) is 0 Å². The molecule has 31 heavy (non-hydrogen) atoms. The molecule has 0 saturated carbocycles. The highest BCUT2D eigenvalue weighted by atomic mass is 32.1. The molecule has 1 unspecified atom stereocenters. The lowest BCUT2D eigenvalue weighted by atomic mass is 9.94. The molecule has 3 heterocycles. The third-order valence-electron chi connectivity index (χ3n) is 5.80. The first-order chi connectivity index (χ1) is 15.0. The maximum atomic E-state index is 13.2. The summed E-state index contributed by atoms with van der Waals surface area (Å²) >= 11 is 1.49. The van der Waals surface area contributed by atoms with Crippen LogP contribution in [0.15, 0.2) is 41.2 Å². The Bertz CT molecular complexity index is 1180. The lowest BCUT2D eigenvalue weighted by molar-refractivity contribution is -0.135. The van der Waals surface area contributed by atoms with Crippen LogP contribution in [0.25, 0.3) is 10.1 Å². The normalized spacial score (nSPS) is 16.5. The predicted octanol–water partition coefficient (Wildman–Crippen LogP) is 2.75. The number of hydrogen-bond donors (Lipinski definition) is 1. The lowest BCUT2D eigenvalue weighted by Gasteiger charge is -2.36. The van der Waals surface area contributed by atoms with Crippen LogP contribution >= 0.6 is 11.3 Å². The number of nitrogens with zero attached hydrogens (tertiary/aromatic N) is 3. The van der Waals surface area contributed by atoms with Crippen molar-refractivity contribution in [1.82, 2.24) is 20.0 Å². The second kappa shape index (κ2) is 9.01. The van der Waals surface area contributed by atoms with Gasteiger partial charge in [0.05, 0.1) is 10.6 Å². The molecular weight excluding hydrogens is 412 g/mol. The second-order valence-electron chi connectivity index (χ2n) is 7.90. The smallest absolute Gasteiger partial charge is 0.267 e. The number of benzene rings is 1. The molecule has 4 rings (SSSR count). The molecule has 3 aromatic rings. The van der Waals surface area contributed by atoms with Crippen molar-refractivity contribution in [3.05, 3.63) is 62.9 Å². The Morgan fingerprint density at radius 1 is 1.19 bits per heavy atom. The van der Waals surface area contributed by atoms with Crippen LogP contribution in [0.2, 0.25) is 0 Å². The molecular formula is C23H26N4O3S. The highest BCUT2D eigenvalue weighted by molar-refractivity contribution is 7.21. The van der Waals surface area contributed by atoms with E-state index >= 15 is 0 Å². The fourth-order valence-electron chi connectivity index (χ4n) is 4.26. The average Bonchev–Trinajstić information content (AvgIpc) is 3.14. The van der Waals surface area contributed by atoms with Crippen LogP contribution in [-0.2, 0) is 17.8 Å². The molecule has 1 aliphatic heterocycles. The van der Waals surface area contributed by atoms with E-state index in [-0.39, 0.29) is 30.0 Å². The maximum absolute atomic E-state index is 13.2. The van der Waals surface area contributed by atoms with Crippen LogP contribution in [0.1, 0.15) is 40.2 Å². The molecule has 1 fully saturated rings. The van der Waals surface area contributed by atoms with Gasteiger partial charge in [0.1, 0.15) is 6.54 Å². The molecule has 0 bridgehead atoms. The van der Waals surface area contributed by atoms with Gasteiger partial charge < -0.3 is 10.2 Å². The van der Waals surface area contributed by atoms with Gasteiger partial charge in [-0.2, -0.15) is 5.10 Å². The average molecular weight is 439 g/mol. The fraction of sp³-hybridized carbons (Fsp3) is 0.391. The summed E-state index contributed by atoms with van der Waals surface area (Å²) in [4.78, 5) is 40.4. The molecule has 0 aliphatic carbocycles. The molecule has 1 saturated heterocycles. The van der Waals surface area contributed by atoms with Crippen molar-refractivity contribution in [3.8, 4) is 0 Å². The Morgan fingerprint density at radius 2 is 2.00 bits per heavy atom. The summed E-state index contributed by atoms with van der Waals surface area (Å²) in [6, 6.07) is 11.1. The molecule has 7 nitrogen and oxygen atoms in total. The zero-order valence-corrected chi connectivity index (χ0v) is 18.6. The van der Waals surface area contributed by atoms with Gasteiger partial charge in [0.15, 0.2) is 0 Å². The highest BCUT2D eigenvalue weighted by Gasteiger charge is 2.30. The van der Waals surface area contributed by atoms with Crippen molar-refractivity contribution < 1.29 is 9.59 Å². The Hall–Kier alpha value is -3.00. The van der Waals surface area contributed by atoms with Crippen LogP contribution in [0.3, 0.4) is 0 Å². The van der Waals surface area contributed by atoms with Gasteiger partial charge in [0, 0.05) is 30.4 Å². The minimum atomic E-state index is -0.279. The summed E-state index contributed by atoms with van der Waals surface area (Å²) in [6.45, 7) is 2.39. The van der Waals surface area contributed by atoms with Crippen molar-refractivity contribution in [3.63, 3.8) is 0 Å². The van der Waals surface area contributed by atoms with E-state index in [0.717, 1.165) is 34.9 Å². The number of aryl methyl sites for hydroxylation is 1. The summed E-state index contributed by atoms with van der Waals surface area (Å²) < 4.78 is 2.31. The first kappa shape index (κ1) is 21.2. The van der Waals surface area contributed by atoms with Crippen LogP contribution in [0.4, 0.5) is 0 Å². The third-order valence-corrected chi connectivity index (χ3v) is 7.02. The molecule has 2 amide bonds. The van der Waals surface area contributed by atoms with Gasteiger partial charge in [-0.3, -0.25) is 14.4 Å². The number of carbonyl (C=O) groups is 2. The van der Waals surface area contributed by atoms with Crippen LogP contribution < -0.4 is 10.9 Å². The van der Waals surface area contributed by atoms with E-state index in [1.807, 2.05) is 29.2 Å². The summed E-state index contributed by atoms with van der Waals surface area (Å²) in [5.74, 6) is -0.202. The van der Waals surface area contributed by atoms with Crippen molar-refractivity contribution in [2.45, 2.75) is 45.2 Å². The van der Waals surface area contributed by atoms with Gasteiger partial charge in [0.2, 0.25) is 5.91 Å². The number of likely N-dealkylation sites (tertiary alicyclic amines) is 1. The number of fused-ring (bicyclic) bond motifs is 1. The molecule has 1 N–H and O–H groups in total. The first-order valence-electron chi connectivity index (χ1n) is 10.5. The Balaban J connectivity index is 1.63. The van der Waals surface area contributed by atoms with Crippen molar-refractivity contribution >= 4 is 33.2 Å². The number of aromatic nitrogens is 2. The Labute approximate surface area is 184 Å². The molecule has 1 aliphatic rings. The van der Waals surface area contributed by atoms with Gasteiger partial charge >= 0.3 is 0 Å². The van der Waals surface area contributed by atoms with Crippen molar-refractivity contribution in [2.75, 3.05) is 13.6 Å². The number of amides is 2. The van der Waals surface area contributed by atoms with E-state index in [1.165, 1.54) is 22.1 Å². The fourth-order valence-corrected chi connectivity index (χ4v) is 5.44. The number of carbonyl (C=O) groups excluding carboxylic acids is 2. The van der Waals surface area contributed by atoms with Crippen LogP contribution in [0, 0.1) is 6.92 Å². The number of piperidine rings is 1. The topological polar surface area (TPSA) is 84.3 Å². The second-order valence-corrected chi connectivity index (χ2v) is 8.95.